The monoisotopic (exact) mass is 261 g/mol. The van der Waals surface area contributed by atoms with Gasteiger partial charge in [-0.05, 0) is 30.9 Å². The summed E-state index contributed by atoms with van der Waals surface area (Å²) in [5, 5.41) is 3.35. The molecule has 2 rings (SSSR count). The number of hydrogen-bond donors (Lipinski definition) is 1. The maximum atomic E-state index is 12.2. The maximum absolute atomic E-state index is 12.2. The Morgan fingerprint density at radius 1 is 1.42 bits per heavy atom. The van der Waals surface area contributed by atoms with Gasteiger partial charge >= 0.3 is 5.97 Å². The van der Waals surface area contributed by atoms with Crippen LogP contribution in [0.3, 0.4) is 0 Å². The Balaban J connectivity index is 1.84. The van der Waals surface area contributed by atoms with E-state index in [0.717, 1.165) is 31.5 Å². The maximum Gasteiger partial charge on any atom is 0.313 e. The fraction of sp³-hybridized carbons (Fsp3) is 0.562. The number of esters is 1. The van der Waals surface area contributed by atoms with Crippen LogP contribution < -0.4 is 5.32 Å². The highest BCUT2D eigenvalue weighted by Gasteiger charge is 2.58. The van der Waals surface area contributed by atoms with Crippen LogP contribution in [0.2, 0.25) is 0 Å². The summed E-state index contributed by atoms with van der Waals surface area (Å²) in [5.74, 6) is 0.382. The van der Waals surface area contributed by atoms with Gasteiger partial charge in [0.1, 0.15) is 6.61 Å². The number of carbonyl (C=O) groups is 1. The predicted molar refractivity (Wildman–Crippen MR) is 75.6 cm³/mol. The molecule has 3 heteroatoms. The van der Waals surface area contributed by atoms with Crippen LogP contribution in [0.1, 0.15) is 32.3 Å². The molecular formula is C16H23NO2. The van der Waals surface area contributed by atoms with Gasteiger partial charge in [0.15, 0.2) is 0 Å². The minimum Gasteiger partial charge on any atom is -0.460 e. The van der Waals surface area contributed by atoms with Gasteiger partial charge in [0.2, 0.25) is 0 Å². The molecule has 0 aromatic heterocycles. The number of ether oxygens (including phenoxy) is 1. The summed E-state index contributed by atoms with van der Waals surface area (Å²) in [5.41, 5.74) is 0.769. The first-order valence-corrected chi connectivity index (χ1v) is 7.11. The van der Waals surface area contributed by atoms with E-state index in [1.165, 1.54) is 0 Å². The van der Waals surface area contributed by atoms with Gasteiger partial charge in [-0.3, -0.25) is 4.79 Å². The lowest BCUT2D eigenvalue weighted by Gasteiger charge is -2.16. The second kappa shape index (κ2) is 6.20. The van der Waals surface area contributed by atoms with Crippen LogP contribution in [0.4, 0.5) is 0 Å². The Hall–Kier alpha value is -1.35. The first kappa shape index (κ1) is 14.1. The minimum atomic E-state index is -0.274. The van der Waals surface area contributed by atoms with Crippen LogP contribution in [-0.2, 0) is 16.1 Å². The Bertz CT molecular complexity index is 418. The van der Waals surface area contributed by atoms with E-state index in [0.29, 0.717) is 12.5 Å². The molecule has 1 aromatic rings. The van der Waals surface area contributed by atoms with Crippen molar-refractivity contribution in [2.45, 2.75) is 33.3 Å². The Morgan fingerprint density at radius 2 is 2.11 bits per heavy atom. The molecule has 0 amide bonds. The third kappa shape index (κ3) is 3.35. The first-order chi connectivity index (χ1) is 9.19. The van der Waals surface area contributed by atoms with E-state index in [1.54, 1.807) is 0 Å². The molecule has 0 radical (unpaired) electrons. The van der Waals surface area contributed by atoms with Crippen LogP contribution in [0, 0.1) is 11.3 Å². The molecule has 1 N–H and O–H groups in total. The zero-order chi connectivity index (χ0) is 13.7. The molecular weight excluding hydrogens is 238 g/mol. The van der Waals surface area contributed by atoms with E-state index in [1.807, 2.05) is 30.3 Å². The summed E-state index contributed by atoms with van der Waals surface area (Å²) in [4.78, 5) is 12.2. The number of nitrogens with one attached hydrogen (secondary N) is 1. The van der Waals surface area contributed by atoms with Gasteiger partial charge in [-0.25, -0.2) is 0 Å². The van der Waals surface area contributed by atoms with Crippen molar-refractivity contribution in [3.05, 3.63) is 35.9 Å². The molecule has 0 heterocycles. The number of carbonyl (C=O) groups excluding carboxylic acids is 1. The summed E-state index contributed by atoms with van der Waals surface area (Å²) in [6.07, 6.45) is 2.03. The Morgan fingerprint density at radius 3 is 2.68 bits per heavy atom. The molecule has 0 aliphatic heterocycles. The molecule has 1 fully saturated rings. The van der Waals surface area contributed by atoms with Crippen LogP contribution in [-0.4, -0.2) is 19.1 Å². The van der Waals surface area contributed by atoms with E-state index in [9.17, 15) is 4.79 Å². The molecule has 1 aliphatic carbocycles. The third-order valence-electron chi connectivity index (χ3n) is 3.94. The summed E-state index contributed by atoms with van der Waals surface area (Å²) in [6, 6.07) is 9.84. The van der Waals surface area contributed by atoms with E-state index >= 15 is 0 Å². The van der Waals surface area contributed by atoms with E-state index < -0.39 is 0 Å². The van der Waals surface area contributed by atoms with Crippen LogP contribution in [0.15, 0.2) is 30.3 Å². The van der Waals surface area contributed by atoms with Gasteiger partial charge in [0.05, 0.1) is 5.41 Å². The second-order valence-corrected chi connectivity index (χ2v) is 5.50. The van der Waals surface area contributed by atoms with Crippen molar-refractivity contribution in [1.29, 1.82) is 0 Å². The van der Waals surface area contributed by atoms with Crippen molar-refractivity contribution < 1.29 is 9.53 Å². The van der Waals surface area contributed by atoms with Crippen molar-refractivity contribution in [2.75, 3.05) is 13.1 Å². The molecule has 1 saturated carbocycles. The highest BCUT2D eigenvalue weighted by atomic mass is 16.5. The fourth-order valence-corrected chi connectivity index (χ4v) is 2.45. The van der Waals surface area contributed by atoms with Crippen molar-refractivity contribution in [2.24, 2.45) is 11.3 Å². The predicted octanol–water partition coefficient (Wildman–Crippen LogP) is 2.76. The quantitative estimate of drug-likeness (QED) is 0.606. The van der Waals surface area contributed by atoms with Crippen LogP contribution >= 0.6 is 0 Å². The Kier molecular flexibility index (Phi) is 4.59. The molecule has 0 spiro atoms. The summed E-state index contributed by atoms with van der Waals surface area (Å²) in [6.45, 7) is 6.33. The van der Waals surface area contributed by atoms with Gasteiger partial charge in [0.25, 0.3) is 0 Å². The largest absolute Gasteiger partial charge is 0.460 e. The number of hydrogen-bond acceptors (Lipinski definition) is 3. The lowest BCUT2D eigenvalue weighted by atomic mass is 10.0. The first-order valence-electron chi connectivity index (χ1n) is 7.11. The minimum absolute atomic E-state index is 0.0487. The highest BCUT2D eigenvalue weighted by Crippen LogP contribution is 2.52. The SMILES string of the molecule is CCCNCC1(C(=O)OCc2ccccc2)CC1C. The molecule has 2 atom stereocenters. The van der Waals surface area contributed by atoms with Crippen LogP contribution in [0.5, 0.6) is 0 Å². The van der Waals surface area contributed by atoms with Gasteiger partial charge in [0, 0.05) is 6.54 Å². The average molecular weight is 261 g/mol. The lowest BCUT2D eigenvalue weighted by Crippen LogP contribution is -2.33. The van der Waals surface area contributed by atoms with Crippen molar-refractivity contribution >= 4 is 5.97 Å². The molecule has 1 aromatic carbocycles. The molecule has 2 unspecified atom stereocenters. The standard InChI is InChI=1S/C16H23NO2/c1-3-9-17-12-16(10-13(16)2)15(18)19-11-14-7-5-4-6-8-14/h4-8,13,17H,3,9-12H2,1-2H3. The normalized spacial score (nSPS) is 25.1. The molecule has 3 nitrogen and oxygen atoms in total. The summed E-state index contributed by atoms with van der Waals surface area (Å²) < 4.78 is 5.48. The van der Waals surface area contributed by atoms with Crippen molar-refractivity contribution in [3.63, 3.8) is 0 Å². The van der Waals surface area contributed by atoms with Crippen LogP contribution in [0.25, 0.3) is 0 Å². The zero-order valence-corrected chi connectivity index (χ0v) is 11.8. The Labute approximate surface area is 115 Å². The number of rotatable bonds is 7. The lowest BCUT2D eigenvalue weighted by molar-refractivity contribution is -0.152. The molecule has 19 heavy (non-hydrogen) atoms. The zero-order valence-electron chi connectivity index (χ0n) is 11.8. The van der Waals surface area contributed by atoms with Gasteiger partial charge < -0.3 is 10.1 Å². The van der Waals surface area contributed by atoms with Crippen molar-refractivity contribution in [3.8, 4) is 0 Å². The fourth-order valence-electron chi connectivity index (χ4n) is 2.45. The molecule has 1 aliphatic rings. The van der Waals surface area contributed by atoms with Gasteiger partial charge in [-0.15, -0.1) is 0 Å². The topological polar surface area (TPSA) is 38.3 Å². The smallest absolute Gasteiger partial charge is 0.313 e. The van der Waals surface area contributed by atoms with E-state index in [2.05, 4.69) is 19.2 Å². The highest BCUT2D eigenvalue weighted by molar-refractivity contribution is 5.81. The summed E-state index contributed by atoms with van der Waals surface area (Å²) >= 11 is 0. The van der Waals surface area contributed by atoms with E-state index in [4.69, 9.17) is 4.74 Å². The third-order valence-corrected chi connectivity index (χ3v) is 3.94. The molecule has 0 saturated heterocycles. The molecule has 0 bridgehead atoms. The van der Waals surface area contributed by atoms with Crippen molar-refractivity contribution in [1.82, 2.24) is 5.32 Å². The molecule has 104 valence electrons. The summed E-state index contributed by atoms with van der Waals surface area (Å²) in [7, 11) is 0. The van der Waals surface area contributed by atoms with Gasteiger partial charge in [-0.1, -0.05) is 44.2 Å². The van der Waals surface area contributed by atoms with E-state index in [-0.39, 0.29) is 11.4 Å². The van der Waals surface area contributed by atoms with Gasteiger partial charge in [-0.2, -0.15) is 0 Å². The second-order valence-electron chi connectivity index (χ2n) is 5.50. The number of benzene rings is 1. The average Bonchev–Trinajstić information content (AvgIpc) is 3.09.